The van der Waals surface area contributed by atoms with Crippen LogP contribution in [0.25, 0.3) is 0 Å². The van der Waals surface area contributed by atoms with Crippen molar-refractivity contribution < 1.29 is 9.47 Å². The number of ether oxygens (including phenoxy) is 2. The summed E-state index contributed by atoms with van der Waals surface area (Å²) in [6.07, 6.45) is 14.9. The van der Waals surface area contributed by atoms with Gasteiger partial charge < -0.3 is 15.2 Å². The molecule has 0 bridgehead atoms. The van der Waals surface area contributed by atoms with Crippen LogP contribution in [0.3, 0.4) is 0 Å². The second-order valence-electron chi connectivity index (χ2n) is 11.3. The molecule has 0 spiro atoms. The van der Waals surface area contributed by atoms with Gasteiger partial charge in [0.2, 0.25) is 0 Å². The van der Waals surface area contributed by atoms with Crippen LogP contribution in [-0.2, 0) is 9.47 Å². The van der Waals surface area contributed by atoms with Crippen LogP contribution >= 0.6 is 0 Å². The average molecular weight is 372 g/mol. The molecule has 27 heavy (non-hydrogen) atoms. The molecule has 0 aromatic rings. The lowest BCUT2D eigenvalue weighted by Crippen LogP contribution is -2.63. The van der Waals surface area contributed by atoms with Crippen molar-refractivity contribution in [1.82, 2.24) is 0 Å². The van der Waals surface area contributed by atoms with Crippen LogP contribution in [0.2, 0.25) is 0 Å². The van der Waals surface area contributed by atoms with Crippen LogP contribution in [-0.4, -0.2) is 24.0 Å². The number of rotatable bonds is 0. The summed E-state index contributed by atoms with van der Waals surface area (Å²) in [5.41, 5.74) is 7.06. The molecule has 0 aromatic carbocycles. The minimum absolute atomic E-state index is 0.199. The van der Waals surface area contributed by atoms with Gasteiger partial charge >= 0.3 is 0 Å². The van der Waals surface area contributed by atoms with Gasteiger partial charge in [-0.3, -0.25) is 0 Å². The molecule has 0 amide bonds. The van der Waals surface area contributed by atoms with E-state index < -0.39 is 5.79 Å². The number of terminal acetylenes is 1. The molecule has 150 valence electrons. The number of fused-ring (bicyclic) bond motifs is 8. The third-order valence-corrected chi connectivity index (χ3v) is 9.78. The first-order chi connectivity index (χ1) is 12.7. The highest BCUT2D eigenvalue weighted by Gasteiger charge is 2.68. The molecular formula is C24H37NO2. The third-order valence-electron chi connectivity index (χ3n) is 9.78. The Hall–Kier alpha value is -0.560. The van der Waals surface area contributed by atoms with Crippen molar-refractivity contribution >= 4 is 0 Å². The molecule has 4 aliphatic carbocycles. The maximum absolute atomic E-state index is 6.66. The van der Waals surface area contributed by atoms with E-state index in [9.17, 15) is 0 Å². The van der Waals surface area contributed by atoms with Crippen LogP contribution in [0.1, 0.15) is 72.6 Å². The van der Waals surface area contributed by atoms with Gasteiger partial charge in [-0.05, 0) is 93.3 Å². The Bertz CT molecular complexity index is 668. The van der Waals surface area contributed by atoms with E-state index in [2.05, 4.69) is 33.6 Å². The monoisotopic (exact) mass is 371 g/mol. The Morgan fingerprint density at radius 1 is 0.852 bits per heavy atom. The largest absolute Gasteiger partial charge is 0.344 e. The minimum atomic E-state index is -0.482. The molecule has 10 atom stereocenters. The summed E-state index contributed by atoms with van der Waals surface area (Å²) in [4.78, 5) is 0. The van der Waals surface area contributed by atoms with Gasteiger partial charge in [0.15, 0.2) is 5.79 Å². The average Bonchev–Trinajstić information content (AvgIpc) is 3.11. The summed E-state index contributed by atoms with van der Waals surface area (Å²) in [7, 11) is 0. The van der Waals surface area contributed by atoms with Crippen LogP contribution in [0.5, 0.6) is 0 Å². The molecule has 1 heterocycles. The van der Waals surface area contributed by atoms with E-state index in [0.717, 1.165) is 18.8 Å². The predicted octanol–water partition coefficient (Wildman–Crippen LogP) is 4.35. The van der Waals surface area contributed by atoms with Crippen LogP contribution in [0.4, 0.5) is 0 Å². The Morgan fingerprint density at radius 3 is 2.26 bits per heavy atom. The molecule has 2 N–H and O–H groups in total. The molecule has 5 rings (SSSR count). The quantitative estimate of drug-likeness (QED) is 0.644. The van der Waals surface area contributed by atoms with E-state index >= 15 is 0 Å². The third kappa shape index (κ3) is 2.39. The normalized spacial score (nSPS) is 58.5. The molecule has 4 saturated carbocycles. The Balaban J connectivity index is 1.58. The van der Waals surface area contributed by atoms with Crippen LogP contribution in [0, 0.1) is 52.8 Å². The Kier molecular flexibility index (Phi) is 3.93. The highest BCUT2D eigenvalue weighted by molar-refractivity contribution is 5.18. The zero-order valence-corrected chi connectivity index (χ0v) is 17.5. The first kappa shape index (κ1) is 18.5. The van der Waals surface area contributed by atoms with Gasteiger partial charge in [-0.25, -0.2) is 0 Å². The van der Waals surface area contributed by atoms with Gasteiger partial charge in [0.1, 0.15) is 0 Å². The van der Waals surface area contributed by atoms with Crippen molar-refractivity contribution in [2.24, 2.45) is 46.2 Å². The predicted molar refractivity (Wildman–Crippen MR) is 107 cm³/mol. The van der Waals surface area contributed by atoms with Crippen LogP contribution in [0.15, 0.2) is 0 Å². The summed E-state index contributed by atoms with van der Waals surface area (Å²) in [5.74, 6) is 5.63. The summed E-state index contributed by atoms with van der Waals surface area (Å²) >= 11 is 0. The molecule has 1 saturated heterocycles. The molecule has 0 aromatic heterocycles. The van der Waals surface area contributed by atoms with Gasteiger partial charge in [-0.1, -0.05) is 13.8 Å². The molecular weight excluding hydrogens is 334 g/mol. The van der Waals surface area contributed by atoms with E-state index in [4.69, 9.17) is 21.6 Å². The number of hydrogen-bond acceptors (Lipinski definition) is 3. The molecule has 4 unspecified atom stereocenters. The second-order valence-corrected chi connectivity index (χ2v) is 11.3. The molecule has 3 nitrogen and oxygen atoms in total. The molecule has 5 aliphatic rings. The SMILES string of the molecule is C#C[C@H]1CCC2C3C(CC[C@@]21C)[C@@]1(C)CC[C@H](N)CC1[C@H]1OC(C)(C)O[C@H]31. The number of nitrogens with two attached hydrogens (primary N) is 1. The smallest absolute Gasteiger partial charge is 0.163 e. The van der Waals surface area contributed by atoms with E-state index in [1.54, 1.807) is 0 Å². The van der Waals surface area contributed by atoms with E-state index in [0.29, 0.717) is 35.1 Å². The van der Waals surface area contributed by atoms with Gasteiger partial charge in [0.25, 0.3) is 0 Å². The van der Waals surface area contributed by atoms with Gasteiger partial charge in [0, 0.05) is 12.0 Å². The van der Waals surface area contributed by atoms with Crippen LogP contribution < -0.4 is 5.73 Å². The van der Waals surface area contributed by atoms with Gasteiger partial charge in [-0.15, -0.1) is 12.3 Å². The first-order valence-corrected chi connectivity index (χ1v) is 11.3. The molecule has 3 heteroatoms. The summed E-state index contributed by atoms with van der Waals surface area (Å²) in [5, 5.41) is 0. The second kappa shape index (κ2) is 5.74. The van der Waals surface area contributed by atoms with E-state index in [1.807, 2.05) is 0 Å². The van der Waals surface area contributed by atoms with Crippen molar-refractivity contribution in [3.05, 3.63) is 0 Å². The maximum atomic E-state index is 6.66. The summed E-state index contributed by atoms with van der Waals surface area (Å²) in [6.45, 7) is 9.23. The zero-order valence-electron chi connectivity index (χ0n) is 17.5. The van der Waals surface area contributed by atoms with Gasteiger partial charge in [0.05, 0.1) is 12.2 Å². The fourth-order valence-electron chi connectivity index (χ4n) is 8.49. The lowest BCUT2D eigenvalue weighted by Gasteiger charge is -2.63. The Morgan fingerprint density at radius 2 is 1.52 bits per heavy atom. The summed E-state index contributed by atoms with van der Waals surface area (Å²) in [6, 6.07) is 0.318. The summed E-state index contributed by atoms with van der Waals surface area (Å²) < 4.78 is 13.3. The van der Waals surface area contributed by atoms with Crippen molar-refractivity contribution in [2.45, 2.75) is 96.7 Å². The maximum Gasteiger partial charge on any atom is 0.163 e. The van der Waals surface area contributed by atoms with E-state index in [1.165, 1.54) is 32.1 Å². The van der Waals surface area contributed by atoms with Crippen molar-refractivity contribution in [3.8, 4) is 12.3 Å². The Labute approximate surface area is 165 Å². The lowest BCUT2D eigenvalue weighted by atomic mass is 9.43. The standard InChI is InChI=1S/C24H37NO2/c1-6-14-7-8-16-19-17(10-12-23(14,16)4)24(5)11-9-15(25)13-18(24)20-21(19)27-22(2,3)26-20/h1,14-21H,7-13,25H2,2-5H3/t14-,15-,16?,17?,18?,19?,20+,21+,23+,24+/m0/s1. The molecule has 5 fully saturated rings. The lowest BCUT2D eigenvalue weighted by molar-refractivity contribution is -0.178. The molecule has 0 radical (unpaired) electrons. The van der Waals surface area contributed by atoms with E-state index in [-0.39, 0.29) is 17.6 Å². The number of hydrogen-bond donors (Lipinski definition) is 1. The van der Waals surface area contributed by atoms with Crippen molar-refractivity contribution in [1.29, 1.82) is 0 Å². The fourth-order valence-corrected chi connectivity index (χ4v) is 8.49. The first-order valence-electron chi connectivity index (χ1n) is 11.3. The van der Waals surface area contributed by atoms with Crippen molar-refractivity contribution in [3.63, 3.8) is 0 Å². The zero-order chi connectivity index (χ0) is 19.2. The topological polar surface area (TPSA) is 44.5 Å². The minimum Gasteiger partial charge on any atom is -0.344 e. The van der Waals surface area contributed by atoms with Gasteiger partial charge in [-0.2, -0.15) is 0 Å². The fraction of sp³-hybridized carbons (Fsp3) is 0.917. The van der Waals surface area contributed by atoms with Crippen molar-refractivity contribution in [2.75, 3.05) is 0 Å². The molecule has 1 aliphatic heterocycles. The highest BCUT2D eigenvalue weighted by Crippen LogP contribution is 2.69. The highest BCUT2D eigenvalue weighted by atomic mass is 16.8.